The van der Waals surface area contributed by atoms with Gasteiger partial charge >= 0.3 is 12.1 Å². The molecule has 3 heterocycles. The summed E-state index contributed by atoms with van der Waals surface area (Å²) in [7, 11) is 0. The normalized spacial score (nSPS) is 27.6. The van der Waals surface area contributed by atoms with E-state index in [9.17, 15) is 32.7 Å². The average molecular weight is 833 g/mol. The summed E-state index contributed by atoms with van der Waals surface area (Å²) >= 11 is 0. The topological polar surface area (TPSA) is 120 Å². The first-order chi connectivity index (χ1) is 28.6. The molecule has 0 radical (unpaired) electrons. The Morgan fingerprint density at radius 1 is 0.783 bits per heavy atom. The number of aliphatic hydroxyl groups is 1. The zero-order valence-corrected chi connectivity index (χ0v) is 35.0. The largest absolute Gasteiger partial charge is 0.471 e. The van der Waals surface area contributed by atoms with Gasteiger partial charge in [-0.1, -0.05) is 86.5 Å². The highest BCUT2D eigenvalue weighted by Gasteiger charge is 2.48. The molecule has 10 nitrogen and oxygen atoms in total. The van der Waals surface area contributed by atoms with Crippen LogP contribution in [-0.4, -0.2) is 81.7 Å². The van der Waals surface area contributed by atoms with Crippen molar-refractivity contribution in [3.8, 4) is 11.1 Å². The molecule has 3 aromatic carbocycles. The minimum Gasteiger partial charge on any atom is -0.392 e. The third kappa shape index (κ3) is 10.1. The van der Waals surface area contributed by atoms with Gasteiger partial charge in [-0.3, -0.25) is 19.3 Å². The number of amides is 3. The number of hydrogen-bond acceptors (Lipinski definition) is 7. The molecular weight excluding hydrogens is 774 g/mol. The summed E-state index contributed by atoms with van der Waals surface area (Å²) in [6.07, 6.45) is 0.682. The number of ether oxygens (including phenoxy) is 2. The van der Waals surface area contributed by atoms with Crippen LogP contribution in [0.5, 0.6) is 0 Å². The number of benzene rings is 3. The lowest BCUT2D eigenvalue weighted by Gasteiger charge is -2.51. The number of alkyl halides is 3. The van der Waals surface area contributed by atoms with E-state index >= 15 is 0 Å². The third-order valence-electron chi connectivity index (χ3n) is 12.8. The van der Waals surface area contributed by atoms with Crippen LogP contribution in [0.1, 0.15) is 114 Å². The Bertz CT molecular complexity index is 1970. The van der Waals surface area contributed by atoms with Crippen molar-refractivity contribution in [1.29, 1.82) is 0 Å². The number of likely N-dealkylation sites (tertiary alicyclic amines) is 2. The maximum atomic E-state index is 13.9. The van der Waals surface area contributed by atoms with Crippen LogP contribution >= 0.6 is 0 Å². The Hall–Kier alpha value is -4.30. The summed E-state index contributed by atoms with van der Waals surface area (Å²) < 4.78 is 53.1. The van der Waals surface area contributed by atoms with Crippen LogP contribution in [0.15, 0.2) is 72.8 Å². The molecule has 0 bridgehead atoms. The van der Waals surface area contributed by atoms with E-state index in [0.29, 0.717) is 29.8 Å². The summed E-state index contributed by atoms with van der Waals surface area (Å²) in [5.74, 6) is -2.02. The smallest absolute Gasteiger partial charge is 0.392 e. The summed E-state index contributed by atoms with van der Waals surface area (Å²) in [6, 6.07) is 22.3. The SMILES string of the molecule is CC1C(CN2C(C(=O)NC(C)(C)C)CCC3CCCCC32)OC(c2ccc(-c3cccc(CNC(=O)C4CCCN4C(=O)C(F)(F)F)c3)cc2)OC1c1ccc(CO)cc1. The molecule has 324 valence electrons. The van der Waals surface area contributed by atoms with Crippen molar-refractivity contribution in [1.82, 2.24) is 20.4 Å². The van der Waals surface area contributed by atoms with Gasteiger partial charge in [0, 0.05) is 42.7 Å². The van der Waals surface area contributed by atoms with Gasteiger partial charge in [0.05, 0.1) is 24.9 Å². The lowest BCUT2D eigenvalue weighted by atomic mass is 9.75. The van der Waals surface area contributed by atoms with Gasteiger partial charge in [-0.2, -0.15) is 13.2 Å². The van der Waals surface area contributed by atoms with Crippen LogP contribution in [0.2, 0.25) is 0 Å². The number of nitrogens with zero attached hydrogens (tertiary/aromatic N) is 2. The number of piperidine rings is 1. The van der Waals surface area contributed by atoms with Crippen molar-refractivity contribution in [2.45, 2.75) is 141 Å². The first-order valence-corrected chi connectivity index (χ1v) is 21.5. The second-order valence-electron chi connectivity index (χ2n) is 18.2. The van der Waals surface area contributed by atoms with Crippen molar-refractivity contribution >= 4 is 17.7 Å². The van der Waals surface area contributed by atoms with Crippen molar-refractivity contribution in [2.24, 2.45) is 11.8 Å². The molecule has 3 aromatic rings. The minimum absolute atomic E-state index is 0.0537. The third-order valence-corrected chi connectivity index (χ3v) is 12.8. The number of fused-ring (bicyclic) bond motifs is 1. The highest BCUT2D eigenvalue weighted by atomic mass is 19.4. The van der Waals surface area contributed by atoms with Gasteiger partial charge in [0.2, 0.25) is 11.8 Å². The first kappa shape index (κ1) is 43.8. The number of halogens is 3. The zero-order chi connectivity index (χ0) is 42.8. The van der Waals surface area contributed by atoms with E-state index in [0.717, 1.165) is 59.1 Å². The van der Waals surface area contributed by atoms with Gasteiger partial charge in [0.1, 0.15) is 6.04 Å². The van der Waals surface area contributed by atoms with Gasteiger partial charge in [-0.15, -0.1) is 0 Å². The molecule has 3 amide bonds. The highest BCUT2D eigenvalue weighted by molar-refractivity contribution is 5.90. The molecule has 8 unspecified atom stereocenters. The molecule has 3 aliphatic heterocycles. The second-order valence-corrected chi connectivity index (χ2v) is 18.2. The molecule has 3 N–H and O–H groups in total. The molecule has 1 saturated carbocycles. The number of rotatable bonds is 10. The van der Waals surface area contributed by atoms with Crippen LogP contribution < -0.4 is 10.6 Å². The van der Waals surface area contributed by atoms with Crippen LogP contribution in [-0.2, 0) is 37.0 Å². The van der Waals surface area contributed by atoms with Gasteiger partial charge in [-0.05, 0) is 99.1 Å². The molecule has 4 fully saturated rings. The number of carbonyl (C=O) groups excluding carboxylic acids is 3. The lowest BCUT2D eigenvalue weighted by molar-refractivity contribution is -0.278. The van der Waals surface area contributed by atoms with E-state index in [2.05, 4.69) is 22.5 Å². The molecule has 8 atom stereocenters. The number of carbonyl (C=O) groups is 3. The Balaban J connectivity index is 1.09. The van der Waals surface area contributed by atoms with Crippen LogP contribution in [0.25, 0.3) is 11.1 Å². The van der Waals surface area contributed by atoms with E-state index < -0.39 is 30.3 Å². The van der Waals surface area contributed by atoms with Crippen molar-refractivity contribution in [3.63, 3.8) is 0 Å². The van der Waals surface area contributed by atoms with Crippen molar-refractivity contribution in [3.05, 3.63) is 95.1 Å². The second kappa shape index (κ2) is 18.4. The van der Waals surface area contributed by atoms with Gasteiger partial charge in [0.25, 0.3) is 0 Å². The zero-order valence-electron chi connectivity index (χ0n) is 35.0. The van der Waals surface area contributed by atoms with Crippen LogP contribution in [0.3, 0.4) is 0 Å². The molecule has 3 saturated heterocycles. The van der Waals surface area contributed by atoms with E-state index in [1.807, 2.05) is 93.6 Å². The maximum Gasteiger partial charge on any atom is 0.471 e. The summed E-state index contributed by atoms with van der Waals surface area (Å²) in [5, 5.41) is 15.7. The number of nitrogens with one attached hydrogen (secondary N) is 2. The predicted octanol–water partition coefficient (Wildman–Crippen LogP) is 7.74. The molecule has 7 rings (SSSR count). The Morgan fingerprint density at radius 2 is 1.50 bits per heavy atom. The highest BCUT2D eigenvalue weighted by Crippen LogP contribution is 2.45. The van der Waals surface area contributed by atoms with E-state index in [4.69, 9.17) is 9.47 Å². The van der Waals surface area contributed by atoms with Gasteiger partial charge in [-0.25, -0.2) is 0 Å². The van der Waals surface area contributed by atoms with E-state index in [1.165, 1.54) is 12.8 Å². The summed E-state index contributed by atoms with van der Waals surface area (Å²) in [5.41, 5.74) is 4.84. The van der Waals surface area contributed by atoms with E-state index in [1.54, 1.807) is 0 Å². The quantitative estimate of drug-likeness (QED) is 0.191. The fourth-order valence-corrected chi connectivity index (χ4v) is 9.71. The molecule has 0 spiro atoms. The summed E-state index contributed by atoms with van der Waals surface area (Å²) in [6.45, 7) is 8.75. The predicted molar refractivity (Wildman–Crippen MR) is 221 cm³/mol. The lowest BCUT2D eigenvalue weighted by Crippen LogP contribution is -2.61. The van der Waals surface area contributed by atoms with Crippen molar-refractivity contribution < 1.29 is 42.1 Å². The van der Waals surface area contributed by atoms with Crippen molar-refractivity contribution in [2.75, 3.05) is 13.1 Å². The number of hydrogen-bond donors (Lipinski definition) is 3. The average Bonchev–Trinajstić information content (AvgIpc) is 3.73. The maximum absolute atomic E-state index is 13.9. The number of aliphatic hydroxyl groups excluding tert-OH is 1. The van der Waals surface area contributed by atoms with Gasteiger partial charge < -0.3 is 30.1 Å². The summed E-state index contributed by atoms with van der Waals surface area (Å²) in [4.78, 5) is 41.8. The fraction of sp³-hybridized carbons (Fsp3) is 0.553. The molecule has 1 aliphatic carbocycles. The molecule has 4 aliphatic rings. The fourth-order valence-electron chi connectivity index (χ4n) is 9.71. The molecular formula is C47H59F3N4O6. The monoisotopic (exact) mass is 832 g/mol. The van der Waals surface area contributed by atoms with Crippen LogP contribution in [0.4, 0.5) is 13.2 Å². The van der Waals surface area contributed by atoms with Gasteiger partial charge in [0.15, 0.2) is 6.29 Å². The first-order valence-electron chi connectivity index (χ1n) is 21.5. The standard InChI is InChI=1S/C47H59F3N4O6/c1-29-40(27-54-37-12-6-5-10-33(37)22-23-39(54)43(57)52-46(2,3)4)59-44(60-41(29)34-16-14-30(28-55)15-17-34)35-20-18-32(19-21-35)36-11-7-9-31(25-36)26-51-42(56)38-13-8-24-53(38)45(58)47(48,49)50/h7,9,11,14-21,25,29,33,37-41,44,55H,5-6,8,10,12-13,22-24,26-28H2,1-4H3,(H,51,56)(H,52,57). The molecule has 60 heavy (non-hydrogen) atoms. The Labute approximate surface area is 351 Å². The Kier molecular flexibility index (Phi) is 13.4. The Morgan fingerprint density at radius 3 is 2.20 bits per heavy atom. The minimum atomic E-state index is -5.03. The molecule has 0 aromatic heterocycles. The molecule has 13 heteroatoms. The van der Waals surface area contributed by atoms with Crippen LogP contribution in [0, 0.1) is 11.8 Å². The van der Waals surface area contributed by atoms with E-state index in [-0.39, 0.29) is 61.7 Å².